The number of anilines is 1. The number of fused-ring (bicyclic) bond motifs is 1. The number of amides is 2. The zero-order valence-corrected chi connectivity index (χ0v) is 20.7. The van der Waals surface area contributed by atoms with E-state index in [0.29, 0.717) is 6.61 Å². The van der Waals surface area contributed by atoms with Gasteiger partial charge in [0.05, 0.1) is 41.6 Å². The Morgan fingerprint density at radius 2 is 1.76 bits per heavy atom. The molecule has 0 spiro atoms. The third kappa shape index (κ3) is 3.33. The maximum Gasteiger partial charge on any atom is 0.228 e. The van der Waals surface area contributed by atoms with Crippen LogP contribution < -0.4 is 10.6 Å². The lowest BCUT2D eigenvalue weighted by atomic mass is 9.68. The quantitative estimate of drug-likeness (QED) is 0.418. The van der Waals surface area contributed by atoms with Gasteiger partial charge in [-0.3, -0.25) is 9.59 Å². The number of nitrogens with zero attached hydrogens (tertiary/aromatic N) is 3. The minimum Gasteiger partial charge on any atom is -0.376 e. The van der Waals surface area contributed by atoms with Crippen molar-refractivity contribution in [3.8, 4) is 5.69 Å². The van der Waals surface area contributed by atoms with Gasteiger partial charge in [-0.1, -0.05) is 30.3 Å². The molecule has 0 radical (unpaired) electrons. The van der Waals surface area contributed by atoms with E-state index in [0.717, 1.165) is 40.7 Å². The topological polar surface area (TPSA) is 90.5 Å². The smallest absolute Gasteiger partial charge is 0.228 e. The molecule has 192 valence electrons. The predicted molar refractivity (Wildman–Crippen MR) is 140 cm³/mol. The zero-order chi connectivity index (χ0) is 26.0. The molecule has 2 aliphatic heterocycles. The first-order valence-corrected chi connectivity index (χ1v) is 13.0. The van der Waals surface area contributed by atoms with Crippen LogP contribution in [0.4, 0.5) is 10.1 Å². The first-order valence-electron chi connectivity index (χ1n) is 13.0. The SMILES string of the molecule is NC(=O)C1COC1[C@H]1CC(=O)N(c2ccc3c(cnn3-c3ccc(F)cc3)c2)[C@]1(c1ccccc1)C1CC1. The molecule has 0 bridgehead atoms. The van der Waals surface area contributed by atoms with E-state index < -0.39 is 17.6 Å². The molecule has 3 fully saturated rings. The molecule has 4 aromatic rings. The Labute approximate surface area is 219 Å². The fourth-order valence-corrected chi connectivity index (χ4v) is 6.72. The van der Waals surface area contributed by atoms with Gasteiger partial charge in [-0.05, 0) is 66.8 Å². The van der Waals surface area contributed by atoms with Crippen LogP contribution in [0.2, 0.25) is 0 Å². The van der Waals surface area contributed by atoms with Crippen LogP contribution in [-0.2, 0) is 19.9 Å². The Kier molecular flexibility index (Phi) is 5.16. The molecule has 3 aromatic carbocycles. The maximum atomic E-state index is 13.9. The largest absolute Gasteiger partial charge is 0.376 e. The number of hydrogen-bond acceptors (Lipinski definition) is 4. The summed E-state index contributed by atoms with van der Waals surface area (Å²) >= 11 is 0. The molecule has 2 N–H and O–H groups in total. The molecule has 7 rings (SSSR count). The zero-order valence-electron chi connectivity index (χ0n) is 20.7. The van der Waals surface area contributed by atoms with Gasteiger partial charge in [0.1, 0.15) is 5.82 Å². The predicted octanol–water partition coefficient (Wildman–Crippen LogP) is 4.32. The van der Waals surface area contributed by atoms with E-state index in [1.165, 1.54) is 12.1 Å². The fraction of sp³-hybridized carbons (Fsp3) is 0.300. The van der Waals surface area contributed by atoms with E-state index in [1.54, 1.807) is 23.0 Å². The summed E-state index contributed by atoms with van der Waals surface area (Å²) in [4.78, 5) is 28.1. The number of aromatic nitrogens is 2. The number of halogens is 1. The first kappa shape index (κ1) is 23.1. The molecule has 7 nitrogen and oxygen atoms in total. The highest BCUT2D eigenvalue weighted by molar-refractivity contribution is 6.00. The normalized spacial score (nSPS) is 27.0. The highest BCUT2D eigenvalue weighted by Crippen LogP contribution is 2.61. The monoisotopic (exact) mass is 510 g/mol. The lowest BCUT2D eigenvalue weighted by Gasteiger charge is -2.49. The number of primary amides is 1. The number of rotatable bonds is 6. The summed E-state index contributed by atoms with van der Waals surface area (Å²) in [6.45, 7) is 0.300. The molecule has 1 aromatic heterocycles. The number of hydrogen-bond donors (Lipinski definition) is 1. The Hall–Kier alpha value is -4.04. The molecule has 3 heterocycles. The van der Waals surface area contributed by atoms with Crippen molar-refractivity contribution in [3.63, 3.8) is 0 Å². The molecule has 1 aliphatic carbocycles. The highest BCUT2D eigenvalue weighted by atomic mass is 19.1. The van der Waals surface area contributed by atoms with E-state index in [4.69, 9.17) is 10.5 Å². The molecule has 1 saturated carbocycles. The van der Waals surface area contributed by atoms with Crippen LogP contribution >= 0.6 is 0 Å². The number of carbonyl (C=O) groups excluding carboxylic acids is 2. The van der Waals surface area contributed by atoms with Crippen LogP contribution in [0.25, 0.3) is 16.6 Å². The summed E-state index contributed by atoms with van der Waals surface area (Å²) in [5.41, 5.74) is 8.54. The lowest BCUT2D eigenvalue weighted by Crippen LogP contribution is -2.59. The molecule has 2 saturated heterocycles. The van der Waals surface area contributed by atoms with Crippen molar-refractivity contribution in [2.75, 3.05) is 11.5 Å². The van der Waals surface area contributed by atoms with Gasteiger partial charge in [0, 0.05) is 23.4 Å². The second-order valence-corrected chi connectivity index (χ2v) is 10.6. The number of ether oxygens (including phenoxy) is 1. The summed E-state index contributed by atoms with van der Waals surface area (Å²) in [7, 11) is 0. The van der Waals surface area contributed by atoms with Crippen molar-refractivity contribution in [2.45, 2.75) is 30.9 Å². The summed E-state index contributed by atoms with van der Waals surface area (Å²) in [5, 5.41) is 5.41. The average Bonchev–Trinajstić information content (AvgIpc) is 3.59. The van der Waals surface area contributed by atoms with Crippen LogP contribution in [0.1, 0.15) is 24.8 Å². The minimum atomic E-state index is -0.641. The van der Waals surface area contributed by atoms with Crippen molar-refractivity contribution in [1.82, 2.24) is 9.78 Å². The number of carbonyl (C=O) groups is 2. The maximum absolute atomic E-state index is 13.9. The Balaban J connectivity index is 1.37. The van der Waals surface area contributed by atoms with Gasteiger partial charge >= 0.3 is 0 Å². The summed E-state index contributed by atoms with van der Waals surface area (Å²) in [6, 6.07) is 22.2. The highest BCUT2D eigenvalue weighted by Gasteiger charge is 2.65. The van der Waals surface area contributed by atoms with Crippen molar-refractivity contribution in [3.05, 3.63) is 90.4 Å². The van der Waals surface area contributed by atoms with Crippen LogP contribution in [0.5, 0.6) is 0 Å². The van der Waals surface area contributed by atoms with Gasteiger partial charge in [0.2, 0.25) is 11.8 Å². The van der Waals surface area contributed by atoms with Crippen molar-refractivity contribution in [1.29, 1.82) is 0 Å². The van der Waals surface area contributed by atoms with Gasteiger partial charge in [0.15, 0.2) is 0 Å². The van der Waals surface area contributed by atoms with Crippen molar-refractivity contribution >= 4 is 28.4 Å². The van der Waals surface area contributed by atoms with Gasteiger partial charge in [-0.25, -0.2) is 9.07 Å². The summed E-state index contributed by atoms with van der Waals surface area (Å²) < 4.78 is 21.2. The van der Waals surface area contributed by atoms with Gasteiger partial charge < -0.3 is 15.4 Å². The van der Waals surface area contributed by atoms with Gasteiger partial charge in [-0.15, -0.1) is 0 Å². The van der Waals surface area contributed by atoms with E-state index in [2.05, 4.69) is 17.2 Å². The second kappa shape index (κ2) is 8.49. The van der Waals surface area contributed by atoms with Crippen molar-refractivity contribution < 1.29 is 18.7 Å². The van der Waals surface area contributed by atoms with Crippen molar-refractivity contribution in [2.24, 2.45) is 23.5 Å². The molecule has 8 heteroatoms. The average molecular weight is 511 g/mol. The van der Waals surface area contributed by atoms with E-state index >= 15 is 0 Å². The molecular formula is C30H27FN4O3. The molecule has 2 unspecified atom stereocenters. The Bertz CT molecular complexity index is 1550. The standard InChI is InChI=1S/C30H27FN4O3/c31-21-8-10-22(11-9-21)35-26-13-12-23(14-18(26)16-33-35)34-27(36)15-25(28-24(17-38-28)29(32)37)30(34,20-6-7-20)19-4-2-1-3-5-19/h1-5,8-14,16,20,24-25,28H,6-7,15,17H2,(H2,32,37)/t24?,25-,28?,30-/m1/s1. The lowest BCUT2D eigenvalue weighted by molar-refractivity contribution is -0.171. The molecule has 4 atom stereocenters. The van der Waals surface area contributed by atoms with E-state index in [-0.39, 0.29) is 35.9 Å². The van der Waals surface area contributed by atoms with Crippen LogP contribution in [0.3, 0.4) is 0 Å². The van der Waals surface area contributed by atoms with E-state index in [9.17, 15) is 14.0 Å². The van der Waals surface area contributed by atoms with E-state index in [1.807, 2.05) is 41.3 Å². The summed E-state index contributed by atoms with van der Waals surface area (Å²) in [5.74, 6) is -1.02. The third-order valence-corrected chi connectivity index (χ3v) is 8.52. The van der Waals surface area contributed by atoms with Crippen LogP contribution in [0, 0.1) is 23.6 Å². The van der Waals surface area contributed by atoms with Gasteiger partial charge in [-0.2, -0.15) is 5.10 Å². The Morgan fingerprint density at radius 1 is 1.03 bits per heavy atom. The molecular weight excluding hydrogens is 483 g/mol. The molecule has 2 amide bonds. The molecule has 3 aliphatic rings. The molecule has 38 heavy (non-hydrogen) atoms. The van der Waals surface area contributed by atoms with Gasteiger partial charge in [0.25, 0.3) is 0 Å². The summed E-state index contributed by atoms with van der Waals surface area (Å²) in [6.07, 6.45) is 3.64. The second-order valence-electron chi connectivity index (χ2n) is 10.6. The third-order valence-electron chi connectivity index (χ3n) is 8.52. The van der Waals surface area contributed by atoms with Crippen LogP contribution in [0.15, 0.2) is 79.0 Å². The Morgan fingerprint density at radius 3 is 2.42 bits per heavy atom. The number of nitrogens with two attached hydrogens (primary N) is 1. The fourth-order valence-electron chi connectivity index (χ4n) is 6.72. The minimum absolute atomic E-state index is 0.00903. The first-order chi connectivity index (χ1) is 18.5. The number of benzene rings is 3. The van der Waals surface area contributed by atoms with Crippen LogP contribution in [-0.4, -0.2) is 34.3 Å².